The predicted octanol–water partition coefficient (Wildman–Crippen LogP) is -0.363. The van der Waals surface area contributed by atoms with Crippen molar-refractivity contribution in [1.29, 1.82) is 0 Å². The van der Waals surface area contributed by atoms with Gasteiger partial charge in [-0.25, -0.2) is 13.1 Å². The van der Waals surface area contributed by atoms with Gasteiger partial charge in [-0.2, -0.15) is 0 Å². The molecule has 1 spiro atoms. The second kappa shape index (κ2) is 6.82. The van der Waals surface area contributed by atoms with Crippen LogP contribution in [0.5, 0.6) is 0 Å². The van der Waals surface area contributed by atoms with Gasteiger partial charge in [-0.15, -0.1) is 0 Å². The fourth-order valence-corrected chi connectivity index (χ4v) is 3.74. The first-order valence-corrected chi connectivity index (χ1v) is 9.51. The van der Waals surface area contributed by atoms with E-state index in [2.05, 4.69) is 9.62 Å². The lowest BCUT2D eigenvalue weighted by atomic mass is 9.89. The van der Waals surface area contributed by atoms with Crippen LogP contribution in [0, 0.1) is 0 Å². The average molecular weight is 333 g/mol. The molecule has 2 aliphatic rings. The van der Waals surface area contributed by atoms with Crippen LogP contribution in [0.15, 0.2) is 0 Å². The van der Waals surface area contributed by atoms with Gasteiger partial charge < -0.3 is 9.64 Å². The van der Waals surface area contributed by atoms with Gasteiger partial charge in [0, 0.05) is 39.3 Å². The summed E-state index contributed by atoms with van der Waals surface area (Å²) in [5.41, 5.74) is -0.220. The molecular weight excluding hydrogens is 306 g/mol. The largest absolute Gasteiger partial charge is 0.363 e. The first-order chi connectivity index (χ1) is 10.3. The zero-order valence-electron chi connectivity index (χ0n) is 13.7. The molecule has 0 aromatic heterocycles. The molecule has 22 heavy (non-hydrogen) atoms. The SMILES string of the molecule is CCS(=O)(=O)NC[C@H](C)N1CCC2(CC1)CN(C)C(=O)CO2. The number of hydrogen-bond donors (Lipinski definition) is 1. The Kier molecular flexibility index (Phi) is 5.47. The quantitative estimate of drug-likeness (QED) is 0.743. The molecule has 128 valence electrons. The van der Waals surface area contributed by atoms with Gasteiger partial charge in [0.15, 0.2) is 0 Å². The van der Waals surface area contributed by atoms with Crippen LogP contribution in [0.4, 0.5) is 0 Å². The number of piperidine rings is 1. The highest BCUT2D eigenvalue weighted by atomic mass is 32.2. The number of carbonyl (C=O) groups excluding carboxylic acids is 1. The zero-order valence-corrected chi connectivity index (χ0v) is 14.5. The maximum Gasteiger partial charge on any atom is 0.248 e. The molecule has 0 unspecified atom stereocenters. The van der Waals surface area contributed by atoms with Crippen LogP contribution in [0.25, 0.3) is 0 Å². The summed E-state index contributed by atoms with van der Waals surface area (Å²) in [7, 11) is -1.32. The first kappa shape index (κ1) is 17.7. The molecule has 0 bridgehead atoms. The van der Waals surface area contributed by atoms with Gasteiger partial charge in [-0.05, 0) is 26.7 Å². The lowest BCUT2D eigenvalue weighted by Crippen LogP contribution is -2.59. The van der Waals surface area contributed by atoms with Crippen LogP contribution in [0.1, 0.15) is 26.7 Å². The molecule has 8 heteroatoms. The fourth-order valence-electron chi connectivity index (χ4n) is 3.04. The van der Waals surface area contributed by atoms with E-state index in [0.717, 1.165) is 25.9 Å². The molecular formula is C14H27N3O4S. The normalized spacial score (nSPS) is 24.7. The molecule has 2 rings (SSSR count). The fraction of sp³-hybridized carbons (Fsp3) is 0.929. The summed E-state index contributed by atoms with van der Waals surface area (Å²) in [4.78, 5) is 15.6. The molecule has 0 aliphatic carbocycles. The van der Waals surface area contributed by atoms with E-state index in [-0.39, 0.29) is 29.9 Å². The lowest BCUT2D eigenvalue weighted by Gasteiger charge is -2.47. The summed E-state index contributed by atoms with van der Waals surface area (Å²) in [6, 6.07) is 0.154. The van der Waals surface area contributed by atoms with Gasteiger partial charge in [0.2, 0.25) is 15.9 Å². The number of rotatable bonds is 5. The Morgan fingerprint density at radius 2 is 2.00 bits per heavy atom. The monoisotopic (exact) mass is 333 g/mol. The molecule has 1 atom stereocenters. The Hall–Kier alpha value is -0.700. The van der Waals surface area contributed by atoms with Crippen molar-refractivity contribution in [1.82, 2.24) is 14.5 Å². The van der Waals surface area contributed by atoms with Crippen molar-refractivity contribution in [3.63, 3.8) is 0 Å². The molecule has 0 aromatic rings. The number of likely N-dealkylation sites (tertiary alicyclic amines) is 1. The van der Waals surface area contributed by atoms with E-state index in [0.29, 0.717) is 13.1 Å². The van der Waals surface area contributed by atoms with Crippen LogP contribution in [-0.2, 0) is 19.6 Å². The molecule has 0 aromatic carbocycles. The molecule has 0 saturated carbocycles. The van der Waals surface area contributed by atoms with Crippen molar-refractivity contribution in [3.05, 3.63) is 0 Å². The van der Waals surface area contributed by atoms with Crippen molar-refractivity contribution >= 4 is 15.9 Å². The number of carbonyl (C=O) groups is 1. The third-order valence-corrected chi connectivity index (χ3v) is 6.13. The number of amides is 1. The van der Waals surface area contributed by atoms with Crippen molar-refractivity contribution in [2.24, 2.45) is 0 Å². The minimum absolute atomic E-state index is 0.0374. The maximum atomic E-state index is 11.5. The molecule has 1 amide bonds. The summed E-state index contributed by atoms with van der Waals surface area (Å²) < 4.78 is 31.5. The van der Waals surface area contributed by atoms with E-state index in [9.17, 15) is 13.2 Å². The van der Waals surface area contributed by atoms with Crippen LogP contribution < -0.4 is 4.72 Å². The maximum absolute atomic E-state index is 11.5. The third-order valence-electron chi connectivity index (χ3n) is 4.76. The topological polar surface area (TPSA) is 79.0 Å². The second-order valence-electron chi connectivity index (χ2n) is 6.36. The predicted molar refractivity (Wildman–Crippen MR) is 84.1 cm³/mol. The van der Waals surface area contributed by atoms with Gasteiger partial charge in [-0.1, -0.05) is 0 Å². The number of likely N-dealkylation sites (N-methyl/N-ethyl adjacent to an activating group) is 1. The third kappa shape index (κ3) is 4.18. The zero-order chi connectivity index (χ0) is 16.4. The van der Waals surface area contributed by atoms with Crippen LogP contribution >= 0.6 is 0 Å². The van der Waals surface area contributed by atoms with E-state index in [1.165, 1.54) is 0 Å². The van der Waals surface area contributed by atoms with Gasteiger partial charge in [0.1, 0.15) is 6.61 Å². The number of nitrogens with zero attached hydrogens (tertiary/aromatic N) is 2. The van der Waals surface area contributed by atoms with E-state index in [1.807, 2.05) is 14.0 Å². The molecule has 1 N–H and O–H groups in total. The number of morpholine rings is 1. The van der Waals surface area contributed by atoms with Crippen molar-refractivity contribution < 1.29 is 17.9 Å². The van der Waals surface area contributed by atoms with Crippen LogP contribution in [0.3, 0.4) is 0 Å². The van der Waals surface area contributed by atoms with Crippen molar-refractivity contribution in [3.8, 4) is 0 Å². The minimum atomic E-state index is -3.14. The van der Waals surface area contributed by atoms with Gasteiger partial charge in [-0.3, -0.25) is 9.69 Å². The number of sulfonamides is 1. The van der Waals surface area contributed by atoms with Gasteiger partial charge in [0.25, 0.3) is 0 Å². The number of ether oxygens (including phenoxy) is 1. The molecule has 7 nitrogen and oxygen atoms in total. The number of nitrogens with one attached hydrogen (secondary N) is 1. The summed E-state index contributed by atoms with van der Waals surface area (Å²) in [6.45, 7) is 6.64. The van der Waals surface area contributed by atoms with E-state index >= 15 is 0 Å². The summed E-state index contributed by atoms with van der Waals surface area (Å²) in [6.07, 6.45) is 1.74. The van der Waals surface area contributed by atoms with E-state index in [1.54, 1.807) is 11.8 Å². The van der Waals surface area contributed by atoms with E-state index in [4.69, 9.17) is 4.74 Å². The summed E-state index contributed by atoms with van der Waals surface area (Å²) >= 11 is 0. The first-order valence-electron chi connectivity index (χ1n) is 7.86. The van der Waals surface area contributed by atoms with Gasteiger partial charge >= 0.3 is 0 Å². The minimum Gasteiger partial charge on any atom is -0.363 e. The summed E-state index contributed by atoms with van der Waals surface area (Å²) in [5, 5.41) is 0. The highest BCUT2D eigenvalue weighted by Crippen LogP contribution is 2.30. The van der Waals surface area contributed by atoms with Crippen LogP contribution in [-0.4, -0.2) is 81.4 Å². The molecule has 2 saturated heterocycles. The lowest BCUT2D eigenvalue weighted by molar-refractivity contribution is -0.169. The van der Waals surface area contributed by atoms with Crippen LogP contribution in [0.2, 0.25) is 0 Å². The van der Waals surface area contributed by atoms with E-state index < -0.39 is 10.0 Å². The van der Waals surface area contributed by atoms with Gasteiger partial charge in [0.05, 0.1) is 11.4 Å². The number of hydrogen-bond acceptors (Lipinski definition) is 5. The smallest absolute Gasteiger partial charge is 0.248 e. The molecule has 0 radical (unpaired) electrons. The Labute approximate surface area is 133 Å². The highest BCUT2D eigenvalue weighted by molar-refractivity contribution is 7.89. The Morgan fingerprint density at radius 3 is 2.55 bits per heavy atom. The summed E-state index contributed by atoms with van der Waals surface area (Å²) in [5.74, 6) is 0.146. The van der Waals surface area contributed by atoms with Crippen molar-refractivity contribution in [2.45, 2.75) is 38.3 Å². The molecule has 2 fully saturated rings. The average Bonchev–Trinajstić information content (AvgIpc) is 2.50. The molecule has 2 aliphatic heterocycles. The standard InChI is InChI=1S/C14H27N3O4S/c1-4-22(19,20)15-9-12(2)17-7-5-14(6-8-17)11-16(3)13(18)10-21-14/h12,15H,4-11H2,1-3H3/t12-/m0/s1. The molecule has 2 heterocycles. The highest BCUT2D eigenvalue weighted by Gasteiger charge is 2.41. The Balaban J connectivity index is 1.83. The Morgan fingerprint density at radius 1 is 1.36 bits per heavy atom. The van der Waals surface area contributed by atoms with Crippen molar-refractivity contribution in [2.75, 3.05) is 45.6 Å². The second-order valence-corrected chi connectivity index (χ2v) is 8.45. The Bertz CT molecular complexity index is 500.